The molecular formula is C24H25N3O4S. The first-order valence-electron chi connectivity index (χ1n) is 10.2. The van der Waals surface area contributed by atoms with E-state index >= 15 is 0 Å². The van der Waals surface area contributed by atoms with Gasteiger partial charge in [-0.1, -0.05) is 12.1 Å². The Morgan fingerprint density at radius 1 is 1.03 bits per heavy atom. The van der Waals surface area contributed by atoms with Crippen LogP contribution in [0.1, 0.15) is 11.3 Å². The summed E-state index contributed by atoms with van der Waals surface area (Å²) in [4.78, 5) is 18.0. The minimum atomic E-state index is -0.0209. The first-order chi connectivity index (χ1) is 15.6. The monoisotopic (exact) mass is 451 g/mol. The number of benzene rings is 2. The average molecular weight is 452 g/mol. The van der Waals surface area contributed by atoms with Gasteiger partial charge in [0.25, 0.3) is 0 Å². The van der Waals surface area contributed by atoms with Crippen molar-refractivity contribution in [1.29, 1.82) is 0 Å². The van der Waals surface area contributed by atoms with Gasteiger partial charge in [-0.15, -0.1) is 11.3 Å². The molecule has 166 valence electrons. The van der Waals surface area contributed by atoms with E-state index in [0.29, 0.717) is 6.54 Å². The molecule has 0 bridgehead atoms. The Bertz CT molecular complexity index is 1210. The number of aromatic nitrogens is 2. The van der Waals surface area contributed by atoms with Crippen LogP contribution in [0.4, 0.5) is 0 Å². The molecule has 32 heavy (non-hydrogen) atoms. The predicted molar refractivity (Wildman–Crippen MR) is 125 cm³/mol. The van der Waals surface area contributed by atoms with Crippen molar-refractivity contribution in [3.63, 3.8) is 0 Å². The smallest absolute Gasteiger partial charge is 0.225 e. The number of nitrogens with zero attached hydrogens (tertiary/aromatic N) is 2. The van der Waals surface area contributed by atoms with E-state index in [0.717, 1.165) is 51.1 Å². The van der Waals surface area contributed by atoms with Crippen molar-refractivity contribution in [3.8, 4) is 28.5 Å². The lowest BCUT2D eigenvalue weighted by atomic mass is 10.1. The molecule has 0 unspecified atom stereocenters. The quantitative estimate of drug-likeness (QED) is 0.417. The standard InChI is InChI=1S/C24H25N3O4S/c1-29-18-6-4-16(5-7-18)10-11-25-23(28)12-17-15-32-24-26-21(14-27(17)24)20-13-19(30-2)8-9-22(20)31-3/h4-9,13-15H,10-12H2,1-3H3,(H,25,28). The molecule has 4 aromatic rings. The van der Waals surface area contributed by atoms with Crippen molar-refractivity contribution in [2.24, 2.45) is 0 Å². The van der Waals surface area contributed by atoms with Crippen LogP contribution in [-0.2, 0) is 17.6 Å². The van der Waals surface area contributed by atoms with E-state index in [1.807, 2.05) is 58.4 Å². The Labute approximate surface area is 190 Å². The van der Waals surface area contributed by atoms with Crippen molar-refractivity contribution in [1.82, 2.24) is 14.7 Å². The summed E-state index contributed by atoms with van der Waals surface area (Å²) < 4.78 is 18.0. The zero-order valence-corrected chi connectivity index (χ0v) is 19.1. The maximum absolute atomic E-state index is 12.5. The number of thiazole rings is 1. The first kappa shape index (κ1) is 21.7. The summed E-state index contributed by atoms with van der Waals surface area (Å²) in [7, 11) is 4.90. The summed E-state index contributed by atoms with van der Waals surface area (Å²) in [6.07, 6.45) is 2.98. The molecule has 0 atom stereocenters. The van der Waals surface area contributed by atoms with Crippen molar-refractivity contribution in [2.45, 2.75) is 12.8 Å². The van der Waals surface area contributed by atoms with Gasteiger partial charge in [-0.3, -0.25) is 9.20 Å². The van der Waals surface area contributed by atoms with Crippen LogP contribution in [0.2, 0.25) is 0 Å². The predicted octanol–water partition coefficient (Wildman–Crippen LogP) is 3.99. The van der Waals surface area contributed by atoms with Gasteiger partial charge in [0, 0.05) is 29.4 Å². The molecule has 7 nitrogen and oxygen atoms in total. The van der Waals surface area contributed by atoms with Gasteiger partial charge < -0.3 is 19.5 Å². The number of rotatable bonds is 9. The number of nitrogens with one attached hydrogen (secondary N) is 1. The van der Waals surface area contributed by atoms with Crippen LogP contribution in [0.25, 0.3) is 16.2 Å². The topological polar surface area (TPSA) is 74.1 Å². The molecule has 1 N–H and O–H groups in total. The Kier molecular flexibility index (Phi) is 6.61. The number of fused-ring (bicyclic) bond motifs is 1. The van der Waals surface area contributed by atoms with Crippen LogP contribution in [0.3, 0.4) is 0 Å². The lowest BCUT2D eigenvalue weighted by Crippen LogP contribution is -2.27. The maximum atomic E-state index is 12.5. The number of imidazole rings is 1. The van der Waals surface area contributed by atoms with Gasteiger partial charge in [-0.25, -0.2) is 4.98 Å². The fourth-order valence-electron chi connectivity index (χ4n) is 3.47. The van der Waals surface area contributed by atoms with E-state index < -0.39 is 0 Å². The van der Waals surface area contributed by atoms with E-state index in [1.165, 1.54) is 11.3 Å². The van der Waals surface area contributed by atoms with Gasteiger partial charge >= 0.3 is 0 Å². The Hall–Kier alpha value is -3.52. The van der Waals surface area contributed by atoms with Crippen LogP contribution in [-0.4, -0.2) is 43.2 Å². The van der Waals surface area contributed by atoms with Crippen molar-refractivity contribution in [3.05, 3.63) is 65.3 Å². The Morgan fingerprint density at radius 2 is 1.78 bits per heavy atom. The molecule has 1 amide bonds. The second-order valence-electron chi connectivity index (χ2n) is 7.20. The molecule has 0 aliphatic heterocycles. The Morgan fingerprint density at radius 3 is 2.50 bits per heavy atom. The van der Waals surface area contributed by atoms with Crippen molar-refractivity contribution < 1.29 is 19.0 Å². The lowest BCUT2D eigenvalue weighted by molar-refractivity contribution is -0.120. The lowest BCUT2D eigenvalue weighted by Gasteiger charge is -2.08. The van der Waals surface area contributed by atoms with Gasteiger partial charge in [0.1, 0.15) is 17.2 Å². The van der Waals surface area contributed by atoms with Crippen LogP contribution < -0.4 is 19.5 Å². The molecule has 8 heteroatoms. The molecule has 0 aliphatic carbocycles. The first-order valence-corrected chi connectivity index (χ1v) is 11.1. The molecule has 2 aromatic heterocycles. The fourth-order valence-corrected chi connectivity index (χ4v) is 4.34. The highest BCUT2D eigenvalue weighted by Gasteiger charge is 2.15. The van der Waals surface area contributed by atoms with Gasteiger partial charge in [-0.05, 0) is 42.3 Å². The van der Waals surface area contributed by atoms with E-state index in [1.54, 1.807) is 21.3 Å². The summed E-state index contributed by atoms with van der Waals surface area (Å²) in [5, 5.41) is 4.97. The van der Waals surface area contributed by atoms with Crippen molar-refractivity contribution >= 4 is 22.2 Å². The third-order valence-electron chi connectivity index (χ3n) is 5.20. The molecule has 2 aromatic carbocycles. The fraction of sp³-hybridized carbons (Fsp3) is 0.250. The van der Waals surface area contributed by atoms with Gasteiger partial charge in [-0.2, -0.15) is 0 Å². The van der Waals surface area contributed by atoms with Crippen molar-refractivity contribution in [2.75, 3.05) is 27.9 Å². The zero-order chi connectivity index (χ0) is 22.5. The minimum absolute atomic E-state index is 0.0209. The van der Waals surface area contributed by atoms with Gasteiger partial charge in [0.05, 0.1) is 33.4 Å². The second-order valence-corrected chi connectivity index (χ2v) is 8.03. The van der Waals surface area contributed by atoms with E-state index in [-0.39, 0.29) is 12.3 Å². The Balaban J connectivity index is 1.43. The summed E-state index contributed by atoms with van der Waals surface area (Å²) in [5.74, 6) is 2.25. The minimum Gasteiger partial charge on any atom is -0.497 e. The second kappa shape index (κ2) is 9.74. The molecule has 0 saturated carbocycles. The van der Waals surface area contributed by atoms with Gasteiger partial charge in [0.2, 0.25) is 5.91 Å². The molecule has 2 heterocycles. The van der Waals surface area contributed by atoms with Crippen LogP contribution >= 0.6 is 11.3 Å². The molecule has 0 fully saturated rings. The van der Waals surface area contributed by atoms with E-state index in [2.05, 4.69) is 5.32 Å². The highest BCUT2D eigenvalue weighted by molar-refractivity contribution is 7.15. The SMILES string of the molecule is COc1ccc(CCNC(=O)Cc2csc3nc(-c4cc(OC)ccc4OC)cn23)cc1. The molecule has 0 radical (unpaired) electrons. The van der Waals surface area contributed by atoms with E-state index in [4.69, 9.17) is 19.2 Å². The number of amides is 1. The highest BCUT2D eigenvalue weighted by Crippen LogP contribution is 2.34. The summed E-state index contributed by atoms with van der Waals surface area (Å²) in [6.45, 7) is 0.578. The number of methoxy groups -OCH3 is 3. The molecular weight excluding hydrogens is 426 g/mol. The maximum Gasteiger partial charge on any atom is 0.225 e. The third kappa shape index (κ3) is 4.70. The summed E-state index contributed by atoms with van der Waals surface area (Å²) in [5.41, 5.74) is 3.66. The normalized spacial score (nSPS) is 10.8. The van der Waals surface area contributed by atoms with Crippen LogP contribution in [0, 0.1) is 0 Å². The largest absolute Gasteiger partial charge is 0.497 e. The molecule has 4 rings (SSSR count). The number of ether oxygens (including phenoxy) is 3. The summed E-state index contributed by atoms with van der Waals surface area (Å²) >= 11 is 1.51. The third-order valence-corrected chi connectivity index (χ3v) is 6.09. The number of carbonyl (C=O) groups is 1. The average Bonchev–Trinajstić information content (AvgIpc) is 3.41. The van der Waals surface area contributed by atoms with E-state index in [9.17, 15) is 4.79 Å². The molecule has 0 aliphatic rings. The molecule has 0 saturated heterocycles. The van der Waals surface area contributed by atoms with Gasteiger partial charge in [0.15, 0.2) is 4.96 Å². The van der Waals surface area contributed by atoms with Crippen LogP contribution in [0.15, 0.2) is 54.0 Å². The number of carbonyl (C=O) groups excluding carboxylic acids is 1. The highest BCUT2D eigenvalue weighted by atomic mass is 32.1. The number of hydrogen-bond acceptors (Lipinski definition) is 6. The molecule has 0 spiro atoms. The zero-order valence-electron chi connectivity index (χ0n) is 18.3. The summed E-state index contributed by atoms with van der Waals surface area (Å²) in [6, 6.07) is 13.5. The van der Waals surface area contributed by atoms with Crippen LogP contribution in [0.5, 0.6) is 17.2 Å². The number of hydrogen-bond donors (Lipinski definition) is 1.